The van der Waals surface area contributed by atoms with Crippen LogP contribution in [0.2, 0.25) is 0 Å². The molecule has 1 amide bonds. The second kappa shape index (κ2) is 10.6. The van der Waals surface area contributed by atoms with E-state index in [1.165, 1.54) is 11.2 Å². The Labute approximate surface area is 203 Å². The average molecular weight is 477 g/mol. The summed E-state index contributed by atoms with van der Waals surface area (Å²) < 4.78 is 15.9. The zero-order chi connectivity index (χ0) is 24.9. The van der Waals surface area contributed by atoms with Gasteiger partial charge in [-0.15, -0.1) is 0 Å². The largest absolute Gasteiger partial charge is 0.503 e. The van der Waals surface area contributed by atoms with Crippen LogP contribution < -0.4 is 9.64 Å². The number of nitrogens with zero attached hydrogens (tertiary/aromatic N) is 2. The van der Waals surface area contributed by atoms with Crippen LogP contribution in [-0.2, 0) is 14.3 Å². The first kappa shape index (κ1) is 24.2. The summed E-state index contributed by atoms with van der Waals surface area (Å²) in [7, 11) is 1.58. The SMILES string of the molecule is COCCOc1ccccc1C1C(C(=O)CC(C)C)=C(O)C(=O)N1c1ccc(-c2ccon2)cc1. The molecule has 0 fully saturated rings. The number of Topliss-reactive ketones (excluding diaryl/α,β-unsaturated/α-hetero) is 1. The summed E-state index contributed by atoms with van der Waals surface area (Å²) in [5.41, 5.74) is 2.67. The molecule has 0 spiro atoms. The quantitative estimate of drug-likeness (QED) is 0.416. The molecule has 4 rings (SSSR count). The van der Waals surface area contributed by atoms with Gasteiger partial charge in [-0.3, -0.25) is 14.5 Å². The monoisotopic (exact) mass is 476 g/mol. The van der Waals surface area contributed by atoms with Crippen LogP contribution in [0.5, 0.6) is 5.75 Å². The third kappa shape index (κ3) is 4.97. The summed E-state index contributed by atoms with van der Waals surface area (Å²) in [6, 6.07) is 15.2. The van der Waals surface area contributed by atoms with E-state index in [2.05, 4.69) is 5.16 Å². The van der Waals surface area contributed by atoms with E-state index in [0.29, 0.717) is 35.9 Å². The molecule has 1 N–H and O–H groups in total. The number of carbonyl (C=O) groups is 2. The highest BCUT2D eigenvalue weighted by Gasteiger charge is 2.45. The van der Waals surface area contributed by atoms with Crippen molar-refractivity contribution in [3.8, 4) is 17.0 Å². The molecular formula is C27H28N2O6. The molecule has 1 aliphatic rings. The minimum atomic E-state index is -0.842. The van der Waals surface area contributed by atoms with Crippen molar-refractivity contribution in [1.82, 2.24) is 5.16 Å². The molecule has 0 saturated carbocycles. The molecule has 1 atom stereocenters. The van der Waals surface area contributed by atoms with Gasteiger partial charge in [-0.25, -0.2) is 0 Å². The molecule has 2 aromatic carbocycles. The Hall–Kier alpha value is -3.91. The minimum absolute atomic E-state index is 0.0579. The third-order valence-electron chi connectivity index (χ3n) is 5.74. The summed E-state index contributed by atoms with van der Waals surface area (Å²) in [5.74, 6) is -0.876. The lowest BCUT2D eigenvalue weighted by molar-refractivity contribution is -0.118. The fourth-order valence-electron chi connectivity index (χ4n) is 4.16. The number of methoxy groups -OCH3 is 1. The number of amides is 1. The molecule has 35 heavy (non-hydrogen) atoms. The lowest BCUT2D eigenvalue weighted by atomic mass is 9.91. The molecule has 8 nitrogen and oxygen atoms in total. The first-order valence-electron chi connectivity index (χ1n) is 11.4. The van der Waals surface area contributed by atoms with Crippen LogP contribution in [0.25, 0.3) is 11.3 Å². The van der Waals surface area contributed by atoms with E-state index in [4.69, 9.17) is 14.0 Å². The zero-order valence-corrected chi connectivity index (χ0v) is 19.9. The Bertz CT molecular complexity index is 1210. The normalized spacial score (nSPS) is 15.8. The van der Waals surface area contributed by atoms with Crippen LogP contribution in [0.3, 0.4) is 0 Å². The second-order valence-corrected chi connectivity index (χ2v) is 8.67. The maximum Gasteiger partial charge on any atom is 0.294 e. The van der Waals surface area contributed by atoms with Gasteiger partial charge >= 0.3 is 0 Å². The van der Waals surface area contributed by atoms with E-state index >= 15 is 0 Å². The summed E-state index contributed by atoms with van der Waals surface area (Å²) >= 11 is 0. The molecule has 1 unspecified atom stereocenters. The minimum Gasteiger partial charge on any atom is -0.503 e. The predicted octanol–water partition coefficient (Wildman–Crippen LogP) is 4.88. The van der Waals surface area contributed by atoms with Gasteiger partial charge in [0.15, 0.2) is 11.5 Å². The summed E-state index contributed by atoms with van der Waals surface area (Å²) in [6.07, 6.45) is 1.69. The van der Waals surface area contributed by atoms with Gasteiger partial charge in [0.2, 0.25) is 0 Å². The van der Waals surface area contributed by atoms with E-state index < -0.39 is 17.7 Å². The van der Waals surface area contributed by atoms with Gasteiger partial charge in [0.1, 0.15) is 24.3 Å². The van der Waals surface area contributed by atoms with Crippen LogP contribution in [0.4, 0.5) is 5.69 Å². The Morgan fingerprint density at radius 3 is 2.51 bits per heavy atom. The van der Waals surface area contributed by atoms with Gasteiger partial charge in [-0.1, -0.05) is 49.3 Å². The fourth-order valence-corrected chi connectivity index (χ4v) is 4.16. The van der Waals surface area contributed by atoms with Crippen LogP contribution in [0.1, 0.15) is 31.9 Å². The molecule has 182 valence electrons. The number of aliphatic hydroxyl groups is 1. The highest BCUT2D eigenvalue weighted by molar-refractivity contribution is 6.16. The van der Waals surface area contributed by atoms with Gasteiger partial charge in [-0.2, -0.15) is 0 Å². The number of para-hydroxylation sites is 1. The molecule has 8 heteroatoms. The van der Waals surface area contributed by atoms with Gasteiger partial charge in [0.25, 0.3) is 5.91 Å². The number of anilines is 1. The highest BCUT2D eigenvalue weighted by Crippen LogP contribution is 2.44. The Morgan fingerprint density at radius 1 is 1.11 bits per heavy atom. The van der Waals surface area contributed by atoms with Gasteiger partial charge in [-0.05, 0) is 24.1 Å². The van der Waals surface area contributed by atoms with Crippen molar-refractivity contribution in [2.75, 3.05) is 25.2 Å². The topological polar surface area (TPSA) is 102 Å². The molecule has 0 bridgehead atoms. The number of benzene rings is 2. The van der Waals surface area contributed by atoms with Crippen molar-refractivity contribution >= 4 is 17.4 Å². The second-order valence-electron chi connectivity index (χ2n) is 8.67. The lowest BCUT2D eigenvalue weighted by Crippen LogP contribution is -2.31. The predicted molar refractivity (Wildman–Crippen MR) is 130 cm³/mol. The smallest absolute Gasteiger partial charge is 0.294 e. The molecule has 0 radical (unpaired) electrons. The average Bonchev–Trinajstić information content (AvgIpc) is 3.47. The summed E-state index contributed by atoms with van der Waals surface area (Å²) in [4.78, 5) is 28.1. The van der Waals surface area contributed by atoms with Crippen LogP contribution in [0.15, 0.2) is 76.7 Å². The van der Waals surface area contributed by atoms with Crippen molar-refractivity contribution in [3.05, 3.63) is 77.8 Å². The lowest BCUT2D eigenvalue weighted by Gasteiger charge is -2.28. The highest BCUT2D eigenvalue weighted by atomic mass is 16.5. The van der Waals surface area contributed by atoms with E-state index in [9.17, 15) is 14.7 Å². The van der Waals surface area contributed by atoms with Crippen LogP contribution in [0, 0.1) is 5.92 Å². The molecular weight excluding hydrogens is 448 g/mol. The first-order valence-corrected chi connectivity index (χ1v) is 11.4. The maximum absolute atomic E-state index is 13.4. The molecule has 0 aliphatic carbocycles. The van der Waals surface area contributed by atoms with Gasteiger partial charge in [0.05, 0.1) is 18.2 Å². The number of aliphatic hydroxyl groups excluding tert-OH is 1. The number of ether oxygens (including phenoxy) is 2. The van der Waals surface area contributed by atoms with Crippen molar-refractivity contribution in [1.29, 1.82) is 0 Å². The molecule has 3 aromatic rings. The van der Waals surface area contributed by atoms with E-state index in [-0.39, 0.29) is 23.7 Å². The number of ketones is 1. The standard InChI is InChI=1S/C27H28N2O6/c1-17(2)16-22(30)24-25(20-6-4-5-7-23(20)34-15-14-33-3)29(27(32)26(24)31)19-10-8-18(9-11-19)21-12-13-35-28-21/h4-13,17,25,31H,14-16H2,1-3H3. The molecule has 0 saturated heterocycles. The van der Waals surface area contributed by atoms with E-state index in [0.717, 1.165) is 5.56 Å². The van der Waals surface area contributed by atoms with Crippen molar-refractivity contribution < 1.29 is 28.7 Å². The van der Waals surface area contributed by atoms with Crippen molar-refractivity contribution in [2.45, 2.75) is 26.3 Å². The Kier molecular flexibility index (Phi) is 7.31. The summed E-state index contributed by atoms with van der Waals surface area (Å²) in [6.45, 7) is 4.52. The first-order chi connectivity index (χ1) is 16.9. The molecule has 1 aromatic heterocycles. The van der Waals surface area contributed by atoms with E-state index in [1.807, 2.05) is 38.1 Å². The number of rotatable bonds is 10. The van der Waals surface area contributed by atoms with Crippen LogP contribution >= 0.6 is 0 Å². The van der Waals surface area contributed by atoms with Gasteiger partial charge in [0, 0.05) is 36.4 Å². The van der Waals surface area contributed by atoms with E-state index in [1.54, 1.807) is 37.4 Å². The number of carbonyl (C=O) groups excluding carboxylic acids is 2. The van der Waals surface area contributed by atoms with Crippen LogP contribution in [-0.4, -0.2) is 42.3 Å². The number of hydrogen-bond donors (Lipinski definition) is 1. The van der Waals surface area contributed by atoms with Crippen molar-refractivity contribution in [3.63, 3.8) is 0 Å². The number of hydrogen-bond acceptors (Lipinski definition) is 7. The zero-order valence-electron chi connectivity index (χ0n) is 19.9. The Morgan fingerprint density at radius 2 is 1.86 bits per heavy atom. The van der Waals surface area contributed by atoms with Crippen molar-refractivity contribution in [2.24, 2.45) is 5.92 Å². The number of aromatic nitrogens is 1. The fraction of sp³-hybridized carbons (Fsp3) is 0.296. The molecule has 1 aliphatic heterocycles. The summed E-state index contributed by atoms with van der Waals surface area (Å²) in [5, 5.41) is 14.8. The van der Waals surface area contributed by atoms with Gasteiger partial charge < -0.3 is 19.1 Å². The third-order valence-corrected chi connectivity index (χ3v) is 5.74. The Balaban J connectivity index is 1.79. The maximum atomic E-state index is 13.4. The molecule has 2 heterocycles.